The summed E-state index contributed by atoms with van der Waals surface area (Å²) in [6.07, 6.45) is 2.39. The van der Waals surface area contributed by atoms with Crippen LogP contribution in [-0.2, 0) is 16.0 Å². The molecule has 2 amide bonds. The number of hydrogen-bond acceptors (Lipinski definition) is 3. The maximum Gasteiger partial charge on any atom is 0.248 e. The number of nitrogens with zero attached hydrogens (tertiary/aromatic N) is 2. The fourth-order valence-electron chi connectivity index (χ4n) is 2.06. The van der Waals surface area contributed by atoms with Gasteiger partial charge in [0.1, 0.15) is 5.54 Å². The van der Waals surface area contributed by atoms with Crippen molar-refractivity contribution in [3.8, 4) is 0 Å². The number of carbonyl (C=O) groups excluding carboxylic acids is 2. The van der Waals surface area contributed by atoms with Gasteiger partial charge in [-0.05, 0) is 26.0 Å². The molecule has 0 bridgehead atoms. The van der Waals surface area contributed by atoms with Gasteiger partial charge in [-0.1, -0.05) is 6.07 Å². The molecule has 96 valence electrons. The van der Waals surface area contributed by atoms with Crippen molar-refractivity contribution in [1.82, 2.24) is 15.2 Å². The summed E-state index contributed by atoms with van der Waals surface area (Å²) < 4.78 is 0. The average Bonchev–Trinajstić information content (AvgIpc) is 2.33. The highest BCUT2D eigenvalue weighted by Crippen LogP contribution is 2.13. The molecule has 0 aromatic carbocycles. The third-order valence-corrected chi connectivity index (χ3v) is 2.97. The van der Waals surface area contributed by atoms with Crippen LogP contribution in [0.4, 0.5) is 0 Å². The van der Waals surface area contributed by atoms with E-state index in [1.807, 2.05) is 18.2 Å². The van der Waals surface area contributed by atoms with Crippen LogP contribution in [0.5, 0.6) is 0 Å². The molecule has 1 aromatic heterocycles. The van der Waals surface area contributed by atoms with E-state index in [0.29, 0.717) is 13.0 Å². The van der Waals surface area contributed by atoms with Crippen molar-refractivity contribution in [2.24, 2.45) is 0 Å². The SMILES string of the molecule is CC1(C)NC(=O)CN(CCc2ccccn2)C1=O. The van der Waals surface area contributed by atoms with Crippen molar-refractivity contribution in [3.05, 3.63) is 30.1 Å². The summed E-state index contributed by atoms with van der Waals surface area (Å²) in [5, 5.41) is 2.69. The maximum absolute atomic E-state index is 12.1. The molecule has 0 atom stereocenters. The van der Waals surface area contributed by atoms with Gasteiger partial charge in [0.25, 0.3) is 0 Å². The van der Waals surface area contributed by atoms with Crippen LogP contribution in [0.1, 0.15) is 19.5 Å². The summed E-state index contributed by atoms with van der Waals surface area (Å²) in [6, 6.07) is 5.68. The molecule has 5 nitrogen and oxygen atoms in total. The highest BCUT2D eigenvalue weighted by molar-refractivity contribution is 5.97. The van der Waals surface area contributed by atoms with Crippen LogP contribution in [-0.4, -0.2) is 40.3 Å². The fraction of sp³-hybridized carbons (Fsp3) is 0.462. The Bertz CT molecular complexity index is 457. The minimum Gasteiger partial charge on any atom is -0.341 e. The van der Waals surface area contributed by atoms with E-state index in [9.17, 15) is 9.59 Å². The Morgan fingerprint density at radius 2 is 2.17 bits per heavy atom. The van der Waals surface area contributed by atoms with E-state index in [-0.39, 0.29) is 18.4 Å². The molecule has 1 N–H and O–H groups in total. The van der Waals surface area contributed by atoms with Gasteiger partial charge >= 0.3 is 0 Å². The molecule has 5 heteroatoms. The minimum absolute atomic E-state index is 0.0435. The standard InChI is InChI=1S/C13H17N3O2/c1-13(2)12(18)16(9-11(17)15-13)8-6-10-5-3-4-7-14-10/h3-5,7H,6,8-9H2,1-2H3,(H,15,17). The molecular formula is C13H17N3O2. The Labute approximate surface area is 106 Å². The van der Waals surface area contributed by atoms with Crippen molar-refractivity contribution >= 4 is 11.8 Å². The van der Waals surface area contributed by atoms with E-state index in [4.69, 9.17) is 0 Å². The van der Waals surface area contributed by atoms with Gasteiger partial charge in [-0.15, -0.1) is 0 Å². The number of pyridine rings is 1. The Kier molecular flexibility index (Phi) is 3.32. The largest absolute Gasteiger partial charge is 0.341 e. The number of hydrogen-bond donors (Lipinski definition) is 1. The summed E-state index contributed by atoms with van der Waals surface area (Å²) in [5.74, 6) is -0.154. The van der Waals surface area contributed by atoms with Crippen LogP contribution >= 0.6 is 0 Å². The smallest absolute Gasteiger partial charge is 0.248 e. The predicted molar refractivity (Wildman–Crippen MR) is 66.7 cm³/mol. The molecule has 1 aliphatic heterocycles. The average molecular weight is 247 g/mol. The summed E-state index contributed by atoms with van der Waals surface area (Å²) in [7, 11) is 0. The monoisotopic (exact) mass is 247 g/mol. The Balaban J connectivity index is 2.00. The number of rotatable bonds is 3. The zero-order chi connectivity index (χ0) is 13.2. The van der Waals surface area contributed by atoms with Crippen LogP contribution in [0, 0.1) is 0 Å². The van der Waals surface area contributed by atoms with E-state index >= 15 is 0 Å². The van der Waals surface area contributed by atoms with Gasteiger partial charge in [0, 0.05) is 24.9 Å². The highest BCUT2D eigenvalue weighted by Gasteiger charge is 2.38. The second-order valence-corrected chi connectivity index (χ2v) is 4.97. The van der Waals surface area contributed by atoms with E-state index in [0.717, 1.165) is 5.69 Å². The lowest BCUT2D eigenvalue weighted by molar-refractivity contribution is -0.148. The second-order valence-electron chi connectivity index (χ2n) is 4.97. The molecule has 1 aliphatic rings. The van der Waals surface area contributed by atoms with Crippen molar-refractivity contribution in [1.29, 1.82) is 0 Å². The number of amides is 2. The number of piperazine rings is 1. The zero-order valence-electron chi connectivity index (χ0n) is 10.6. The predicted octanol–water partition coefficient (Wildman–Crippen LogP) is 0.361. The van der Waals surface area contributed by atoms with Crippen LogP contribution in [0.15, 0.2) is 24.4 Å². The summed E-state index contributed by atoms with van der Waals surface area (Å²) in [4.78, 5) is 29.4. The number of nitrogens with one attached hydrogen (secondary N) is 1. The van der Waals surface area contributed by atoms with Crippen molar-refractivity contribution in [3.63, 3.8) is 0 Å². The third-order valence-electron chi connectivity index (χ3n) is 2.97. The normalized spacial score (nSPS) is 18.7. The first-order valence-corrected chi connectivity index (χ1v) is 5.99. The van der Waals surface area contributed by atoms with Crippen LogP contribution in [0.3, 0.4) is 0 Å². The molecule has 0 saturated carbocycles. The lowest BCUT2D eigenvalue weighted by Gasteiger charge is -2.37. The van der Waals surface area contributed by atoms with Gasteiger partial charge in [-0.25, -0.2) is 0 Å². The molecule has 0 spiro atoms. The molecule has 2 heterocycles. The van der Waals surface area contributed by atoms with Crippen LogP contribution < -0.4 is 5.32 Å². The van der Waals surface area contributed by atoms with E-state index in [1.54, 1.807) is 24.9 Å². The van der Waals surface area contributed by atoms with E-state index in [1.165, 1.54) is 0 Å². The third kappa shape index (κ3) is 2.67. The Hall–Kier alpha value is -1.91. The fourth-order valence-corrected chi connectivity index (χ4v) is 2.06. The lowest BCUT2D eigenvalue weighted by atomic mass is 10.0. The van der Waals surface area contributed by atoms with E-state index < -0.39 is 5.54 Å². The van der Waals surface area contributed by atoms with Gasteiger partial charge in [-0.3, -0.25) is 14.6 Å². The van der Waals surface area contributed by atoms with Gasteiger partial charge < -0.3 is 10.2 Å². The zero-order valence-corrected chi connectivity index (χ0v) is 10.6. The summed E-state index contributed by atoms with van der Waals surface area (Å²) >= 11 is 0. The minimum atomic E-state index is -0.806. The highest BCUT2D eigenvalue weighted by atomic mass is 16.2. The maximum atomic E-state index is 12.1. The molecule has 18 heavy (non-hydrogen) atoms. The van der Waals surface area contributed by atoms with Crippen molar-refractivity contribution in [2.45, 2.75) is 25.8 Å². The second kappa shape index (κ2) is 4.76. The molecule has 1 fully saturated rings. The van der Waals surface area contributed by atoms with Crippen LogP contribution in [0.2, 0.25) is 0 Å². The number of aromatic nitrogens is 1. The lowest BCUT2D eigenvalue weighted by Crippen LogP contribution is -2.64. The first kappa shape index (κ1) is 12.5. The first-order chi connectivity index (χ1) is 8.49. The molecule has 2 rings (SSSR count). The van der Waals surface area contributed by atoms with Gasteiger partial charge in [0.15, 0.2) is 0 Å². The molecule has 0 unspecified atom stereocenters. The van der Waals surface area contributed by atoms with Crippen molar-refractivity contribution < 1.29 is 9.59 Å². The Morgan fingerprint density at radius 3 is 2.83 bits per heavy atom. The topological polar surface area (TPSA) is 62.3 Å². The van der Waals surface area contributed by atoms with Gasteiger partial charge in [-0.2, -0.15) is 0 Å². The molecule has 0 radical (unpaired) electrons. The van der Waals surface area contributed by atoms with E-state index in [2.05, 4.69) is 10.3 Å². The van der Waals surface area contributed by atoms with Crippen LogP contribution in [0.25, 0.3) is 0 Å². The molecule has 0 aliphatic carbocycles. The first-order valence-electron chi connectivity index (χ1n) is 5.99. The molecule has 1 aromatic rings. The number of carbonyl (C=O) groups is 2. The molecule has 1 saturated heterocycles. The van der Waals surface area contributed by atoms with Crippen molar-refractivity contribution in [2.75, 3.05) is 13.1 Å². The molecular weight excluding hydrogens is 230 g/mol. The Morgan fingerprint density at radius 1 is 1.39 bits per heavy atom. The van der Waals surface area contributed by atoms with Gasteiger partial charge in [0.2, 0.25) is 11.8 Å². The summed E-state index contributed by atoms with van der Waals surface area (Å²) in [5.41, 5.74) is 0.119. The summed E-state index contributed by atoms with van der Waals surface area (Å²) in [6.45, 7) is 4.10. The quantitative estimate of drug-likeness (QED) is 0.839. The van der Waals surface area contributed by atoms with Gasteiger partial charge in [0.05, 0.1) is 6.54 Å².